The Morgan fingerprint density at radius 3 is 2.45 bits per heavy atom. The predicted octanol–water partition coefficient (Wildman–Crippen LogP) is 3.84. The maximum atomic E-state index is 8.96. The molecule has 2 aromatic rings. The molecule has 0 heterocycles. The van der Waals surface area contributed by atoms with Crippen LogP contribution in [0.3, 0.4) is 0 Å². The third kappa shape index (κ3) is 3.65. The largest absolute Gasteiger partial charge is 0.395 e. The van der Waals surface area contributed by atoms with Crippen LogP contribution in [0, 0.1) is 6.92 Å². The van der Waals surface area contributed by atoms with E-state index in [0.717, 1.165) is 22.6 Å². The van der Waals surface area contributed by atoms with Crippen molar-refractivity contribution in [2.24, 2.45) is 10.2 Å². The number of azo groups is 1. The van der Waals surface area contributed by atoms with Gasteiger partial charge in [-0.15, -0.1) is 0 Å². The Hall–Kier alpha value is -2.20. The summed E-state index contributed by atoms with van der Waals surface area (Å²) in [7, 11) is 1.95. The van der Waals surface area contributed by atoms with Gasteiger partial charge in [0, 0.05) is 19.3 Å². The van der Waals surface area contributed by atoms with Gasteiger partial charge in [0.25, 0.3) is 0 Å². The molecule has 0 aromatic heterocycles. The number of likely N-dealkylation sites (N-methyl/N-ethyl adjacent to an activating group) is 1. The summed E-state index contributed by atoms with van der Waals surface area (Å²) < 4.78 is 0. The fraction of sp³-hybridized carbons (Fsp3) is 0.250. The van der Waals surface area contributed by atoms with Crippen LogP contribution in [0.1, 0.15) is 5.56 Å². The lowest BCUT2D eigenvalue weighted by molar-refractivity contribution is 0.304. The van der Waals surface area contributed by atoms with E-state index in [-0.39, 0.29) is 6.61 Å². The van der Waals surface area contributed by atoms with Gasteiger partial charge in [0.15, 0.2) is 0 Å². The van der Waals surface area contributed by atoms with Crippen LogP contribution < -0.4 is 4.90 Å². The number of aliphatic hydroxyl groups is 1. The van der Waals surface area contributed by atoms with Gasteiger partial charge in [-0.3, -0.25) is 0 Å². The second-order valence-electron chi connectivity index (χ2n) is 4.65. The lowest BCUT2D eigenvalue weighted by atomic mass is 10.1. The standard InChI is InChI=1S/C16H19N3O/c1-13-12-15(19(2)10-11-20)8-9-16(13)18-17-14-6-4-3-5-7-14/h3-9,12,20H,10-11H2,1-2H3. The van der Waals surface area contributed by atoms with E-state index in [0.29, 0.717) is 6.54 Å². The quantitative estimate of drug-likeness (QED) is 0.838. The van der Waals surface area contributed by atoms with E-state index in [2.05, 4.69) is 16.3 Å². The predicted molar refractivity (Wildman–Crippen MR) is 82.2 cm³/mol. The Kier molecular flexibility index (Phi) is 4.85. The van der Waals surface area contributed by atoms with E-state index in [4.69, 9.17) is 5.11 Å². The van der Waals surface area contributed by atoms with Gasteiger partial charge < -0.3 is 10.0 Å². The Morgan fingerprint density at radius 2 is 1.80 bits per heavy atom. The van der Waals surface area contributed by atoms with Crippen molar-refractivity contribution in [1.29, 1.82) is 0 Å². The first-order valence-electron chi connectivity index (χ1n) is 6.60. The number of anilines is 1. The van der Waals surface area contributed by atoms with Crippen LogP contribution >= 0.6 is 0 Å². The third-order valence-corrected chi connectivity index (χ3v) is 3.09. The van der Waals surface area contributed by atoms with Crippen molar-refractivity contribution in [2.45, 2.75) is 6.92 Å². The molecule has 0 aliphatic rings. The maximum absolute atomic E-state index is 8.96. The number of hydrogen-bond donors (Lipinski definition) is 1. The molecule has 4 nitrogen and oxygen atoms in total. The minimum atomic E-state index is 0.144. The molecule has 0 atom stereocenters. The molecule has 1 N–H and O–H groups in total. The average Bonchev–Trinajstić information content (AvgIpc) is 2.47. The SMILES string of the molecule is Cc1cc(N(C)CCO)ccc1N=Nc1ccccc1. The first-order chi connectivity index (χ1) is 9.70. The Bertz CT molecular complexity index is 582. The van der Waals surface area contributed by atoms with Crippen LogP contribution in [0.4, 0.5) is 17.1 Å². The molecule has 0 saturated carbocycles. The highest BCUT2D eigenvalue weighted by Crippen LogP contribution is 2.26. The first kappa shape index (κ1) is 14.2. The smallest absolute Gasteiger partial charge is 0.0887 e. The molecule has 2 aromatic carbocycles. The van der Waals surface area contributed by atoms with Crippen LogP contribution in [0.5, 0.6) is 0 Å². The van der Waals surface area contributed by atoms with Crippen molar-refractivity contribution in [1.82, 2.24) is 0 Å². The summed E-state index contributed by atoms with van der Waals surface area (Å²) in [6.07, 6.45) is 0. The molecule has 4 heteroatoms. The van der Waals surface area contributed by atoms with Crippen molar-refractivity contribution >= 4 is 17.1 Å². The van der Waals surface area contributed by atoms with Gasteiger partial charge in [-0.1, -0.05) is 18.2 Å². The van der Waals surface area contributed by atoms with Gasteiger partial charge in [-0.25, -0.2) is 0 Å². The zero-order valence-corrected chi connectivity index (χ0v) is 11.8. The lowest BCUT2D eigenvalue weighted by Gasteiger charge is -2.18. The molecular weight excluding hydrogens is 250 g/mol. The fourth-order valence-electron chi connectivity index (χ4n) is 1.87. The van der Waals surface area contributed by atoms with E-state index in [1.807, 2.05) is 61.3 Å². The number of aliphatic hydroxyl groups excluding tert-OH is 1. The Labute approximate surface area is 119 Å². The van der Waals surface area contributed by atoms with Crippen molar-refractivity contribution in [3.63, 3.8) is 0 Å². The average molecular weight is 269 g/mol. The summed E-state index contributed by atoms with van der Waals surface area (Å²) >= 11 is 0. The lowest BCUT2D eigenvalue weighted by Crippen LogP contribution is -2.20. The van der Waals surface area contributed by atoms with Gasteiger partial charge in [0.1, 0.15) is 0 Å². The summed E-state index contributed by atoms with van der Waals surface area (Å²) in [6, 6.07) is 15.7. The highest BCUT2D eigenvalue weighted by Gasteiger charge is 2.03. The second kappa shape index (κ2) is 6.82. The normalized spacial score (nSPS) is 10.9. The van der Waals surface area contributed by atoms with Gasteiger partial charge in [0.05, 0.1) is 18.0 Å². The minimum absolute atomic E-state index is 0.144. The van der Waals surface area contributed by atoms with Gasteiger partial charge in [0.2, 0.25) is 0 Å². The van der Waals surface area contributed by atoms with E-state index in [1.54, 1.807) is 0 Å². The molecule has 0 aliphatic heterocycles. The summed E-state index contributed by atoms with van der Waals surface area (Å²) in [5, 5.41) is 17.5. The summed E-state index contributed by atoms with van der Waals surface area (Å²) in [6.45, 7) is 2.77. The Morgan fingerprint density at radius 1 is 1.05 bits per heavy atom. The van der Waals surface area contributed by atoms with Crippen molar-refractivity contribution in [3.05, 3.63) is 54.1 Å². The highest BCUT2D eigenvalue weighted by atomic mass is 16.3. The molecule has 0 unspecified atom stereocenters. The molecule has 2 rings (SSSR count). The molecule has 0 radical (unpaired) electrons. The van der Waals surface area contributed by atoms with Gasteiger partial charge in [-0.05, 0) is 42.8 Å². The number of rotatable bonds is 5. The second-order valence-corrected chi connectivity index (χ2v) is 4.65. The molecule has 0 fully saturated rings. The summed E-state index contributed by atoms with van der Waals surface area (Å²) in [5.41, 5.74) is 3.82. The van der Waals surface area contributed by atoms with Crippen LogP contribution in [-0.2, 0) is 0 Å². The highest BCUT2D eigenvalue weighted by molar-refractivity contribution is 5.57. The Balaban J connectivity index is 2.16. The molecular formula is C16H19N3O. The van der Waals surface area contributed by atoms with E-state index < -0.39 is 0 Å². The number of benzene rings is 2. The van der Waals surface area contributed by atoms with Crippen LogP contribution in [-0.4, -0.2) is 25.3 Å². The molecule has 0 saturated heterocycles. The fourth-order valence-corrected chi connectivity index (χ4v) is 1.87. The first-order valence-corrected chi connectivity index (χ1v) is 6.60. The van der Waals surface area contributed by atoms with Gasteiger partial charge >= 0.3 is 0 Å². The number of nitrogens with zero attached hydrogens (tertiary/aromatic N) is 3. The number of aryl methyl sites for hydroxylation is 1. The third-order valence-electron chi connectivity index (χ3n) is 3.09. The van der Waals surface area contributed by atoms with Crippen LogP contribution in [0.2, 0.25) is 0 Å². The van der Waals surface area contributed by atoms with E-state index in [9.17, 15) is 0 Å². The summed E-state index contributed by atoms with van der Waals surface area (Å²) in [5.74, 6) is 0. The molecule has 20 heavy (non-hydrogen) atoms. The van der Waals surface area contributed by atoms with Gasteiger partial charge in [-0.2, -0.15) is 10.2 Å². The molecule has 104 valence electrons. The minimum Gasteiger partial charge on any atom is -0.395 e. The molecule has 0 aliphatic carbocycles. The monoisotopic (exact) mass is 269 g/mol. The maximum Gasteiger partial charge on any atom is 0.0887 e. The summed E-state index contributed by atoms with van der Waals surface area (Å²) in [4.78, 5) is 2.01. The topological polar surface area (TPSA) is 48.2 Å². The van der Waals surface area contributed by atoms with E-state index >= 15 is 0 Å². The zero-order valence-electron chi connectivity index (χ0n) is 11.8. The molecule has 0 amide bonds. The van der Waals surface area contributed by atoms with Crippen LogP contribution in [0.25, 0.3) is 0 Å². The van der Waals surface area contributed by atoms with Crippen molar-refractivity contribution in [2.75, 3.05) is 25.1 Å². The van der Waals surface area contributed by atoms with Crippen LogP contribution in [0.15, 0.2) is 58.8 Å². The van der Waals surface area contributed by atoms with E-state index in [1.165, 1.54) is 0 Å². The molecule has 0 spiro atoms. The zero-order chi connectivity index (χ0) is 14.4. The number of hydrogen-bond acceptors (Lipinski definition) is 4. The van der Waals surface area contributed by atoms with Crippen molar-refractivity contribution < 1.29 is 5.11 Å². The van der Waals surface area contributed by atoms with Crippen molar-refractivity contribution in [3.8, 4) is 0 Å². The molecule has 0 bridgehead atoms.